The van der Waals surface area contributed by atoms with E-state index in [9.17, 15) is 15.3 Å². The van der Waals surface area contributed by atoms with E-state index in [0.717, 1.165) is 6.42 Å². The van der Waals surface area contributed by atoms with Gasteiger partial charge in [0.05, 0.1) is 25.9 Å². The molecule has 0 radical (unpaired) electrons. The van der Waals surface area contributed by atoms with E-state index in [1.807, 2.05) is 0 Å². The molecule has 0 aliphatic carbocycles. The van der Waals surface area contributed by atoms with Crippen LogP contribution in [0.25, 0.3) is 0 Å². The first-order valence-electron chi connectivity index (χ1n) is 13.6. The standard InChI is InChI=1S/C26H53NO7/c1-3-4-5-6-7-8-9-10-11-12-13-14-15-16-17-32-19-21(31-2)20-33-26-23(27)25(30)24(29)22(18-28)34-26/h21-26,28-30H,3-20,27H2,1-2H3/t21?,22-,23-,24+,25-,26+/m1/s1. The van der Waals surface area contributed by atoms with Gasteiger partial charge in [0.2, 0.25) is 0 Å². The van der Waals surface area contributed by atoms with Crippen molar-refractivity contribution in [3.8, 4) is 0 Å². The summed E-state index contributed by atoms with van der Waals surface area (Å²) in [5.41, 5.74) is 5.88. The van der Waals surface area contributed by atoms with Crippen molar-refractivity contribution in [3.05, 3.63) is 0 Å². The molecule has 1 fully saturated rings. The predicted molar refractivity (Wildman–Crippen MR) is 134 cm³/mol. The first-order chi connectivity index (χ1) is 16.5. The quantitative estimate of drug-likeness (QED) is 0.170. The Balaban J connectivity index is 1.97. The van der Waals surface area contributed by atoms with Gasteiger partial charge < -0.3 is 40.0 Å². The average Bonchev–Trinajstić information content (AvgIpc) is 2.85. The minimum absolute atomic E-state index is 0.175. The number of methoxy groups -OCH3 is 1. The molecular weight excluding hydrogens is 438 g/mol. The van der Waals surface area contributed by atoms with Gasteiger partial charge in [-0.05, 0) is 6.42 Å². The third kappa shape index (κ3) is 13.7. The van der Waals surface area contributed by atoms with Crippen molar-refractivity contribution < 1.29 is 34.3 Å². The Labute approximate surface area is 207 Å². The van der Waals surface area contributed by atoms with E-state index < -0.39 is 37.3 Å². The van der Waals surface area contributed by atoms with Crippen molar-refractivity contribution in [1.82, 2.24) is 0 Å². The molecule has 0 bridgehead atoms. The molecule has 1 rings (SSSR count). The SMILES string of the molecule is CCCCCCCCCCCCCCCCOCC(CO[C@H]1O[C@H](CO)[C@H](O)[C@H](O)[C@H]1N)OC. The number of aliphatic hydroxyl groups excluding tert-OH is 3. The van der Waals surface area contributed by atoms with Crippen molar-refractivity contribution in [1.29, 1.82) is 0 Å². The fourth-order valence-electron chi connectivity index (χ4n) is 4.25. The van der Waals surface area contributed by atoms with Crippen molar-refractivity contribution in [2.75, 3.05) is 33.5 Å². The van der Waals surface area contributed by atoms with E-state index in [-0.39, 0.29) is 12.7 Å². The van der Waals surface area contributed by atoms with Crippen LogP contribution in [0.15, 0.2) is 0 Å². The Kier molecular flexibility index (Phi) is 19.4. The Morgan fingerprint density at radius 1 is 0.794 bits per heavy atom. The lowest BCUT2D eigenvalue weighted by molar-refractivity contribution is -0.271. The summed E-state index contributed by atoms with van der Waals surface area (Å²) < 4.78 is 22.2. The predicted octanol–water partition coefficient (Wildman–Crippen LogP) is 3.28. The lowest BCUT2D eigenvalue weighted by atomic mass is 9.98. The van der Waals surface area contributed by atoms with Crippen LogP contribution in [0.2, 0.25) is 0 Å². The number of rotatable bonds is 22. The molecule has 1 aliphatic rings. The lowest BCUT2D eigenvalue weighted by Gasteiger charge is -2.40. The molecule has 0 aromatic rings. The Morgan fingerprint density at radius 3 is 1.82 bits per heavy atom. The van der Waals surface area contributed by atoms with Gasteiger partial charge in [0.25, 0.3) is 0 Å². The molecule has 6 atom stereocenters. The highest BCUT2D eigenvalue weighted by Crippen LogP contribution is 2.21. The minimum Gasteiger partial charge on any atom is -0.394 e. The first kappa shape index (κ1) is 31.7. The summed E-state index contributed by atoms with van der Waals surface area (Å²) in [6, 6.07) is -0.910. The third-order valence-corrected chi connectivity index (χ3v) is 6.65. The second-order valence-corrected chi connectivity index (χ2v) is 9.65. The van der Waals surface area contributed by atoms with E-state index in [2.05, 4.69) is 6.92 Å². The molecule has 0 saturated carbocycles. The van der Waals surface area contributed by atoms with Gasteiger partial charge in [0.1, 0.15) is 24.4 Å². The highest BCUT2D eigenvalue weighted by Gasteiger charge is 2.43. The molecule has 8 nitrogen and oxygen atoms in total. The Morgan fingerprint density at radius 2 is 1.32 bits per heavy atom. The molecule has 1 saturated heterocycles. The molecule has 0 aromatic heterocycles. The fourth-order valence-corrected chi connectivity index (χ4v) is 4.25. The summed E-state index contributed by atoms with van der Waals surface area (Å²) >= 11 is 0. The molecule has 0 aromatic carbocycles. The van der Waals surface area contributed by atoms with Gasteiger partial charge in [-0.15, -0.1) is 0 Å². The van der Waals surface area contributed by atoms with Gasteiger partial charge in [-0.25, -0.2) is 0 Å². The zero-order chi connectivity index (χ0) is 25.0. The van der Waals surface area contributed by atoms with Crippen LogP contribution in [0.4, 0.5) is 0 Å². The molecule has 1 aliphatic heterocycles. The summed E-state index contributed by atoms with van der Waals surface area (Å²) in [5, 5.41) is 29.1. The van der Waals surface area contributed by atoms with Gasteiger partial charge >= 0.3 is 0 Å². The molecule has 34 heavy (non-hydrogen) atoms. The fraction of sp³-hybridized carbons (Fsp3) is 1.00. The van der Waals surface area contributed by atoms with Gasteiger partial charge in [0.15, 0.2) is 6.29 Å². The van der Waals surface area contributed by atoms with Crippen molar-refractivity contribution in [3.63, 3.8) is 0 Å². The third-order valence-electron chi connectivity index (χ3n) is 6.65. The largest absolute Gasteiger partial charge is 0.394 e. The van der Waals surface area contributed by atoms with Crippen LogP contribution in [-0.2, 0) is 18.9 Å². The molecule has 8 heteroatoms. The van der Waals surface area contributed by atoms with Crippen LogP contribution in [0.3, 0.4) is 0 Å². The van der Waals surface area contributed by atoms with E-state index >= 15 is 0 Å². The second-order valence-electron chi connectivity index (χ2n) is 9.65. The molecule has 204 valence electrons. The van der Waals surface area contributed by atoms with E-state index in [4.69, 9.17) is 24.7 Å². The number of hydrogen-bond acceptors (Lipinski definition) is 8. The number of aliphatic hydroxyl groups is 3. The summed E-state index contributed by atoms with van der Waals surface area (Å²) in [6.07, 6.45) is 14.0. The van der Waals surface area contributed by atoms with E-state index in [0.29, 0.717) is 13.2 Å². The van der Waals surface area contributed by atoms with Crippen molar-refractivity contribution in [2.24, 2.45) is 5.73 Å². The van der Waals surface area contributed by atoms with Crippen LogP contribution >= 0.6 is 0 Å². The summed E-state index contributed by atoms with van der Waals surface area (Å²) in [5.74, 6) is 0. The van der Waals surface area contributed by atoms with Crippen LogP contribution in [-0.4, -0.2) is 85.6 Å². The zero-order valence-corrected chi connectivity index (χ0v) is 21.7. The normalized spacial score (nSPS) is 26.1. The molecular formula is C26H53NO7. The molecule has 5 N–H and O–H groups in total. The number of ether oxygens (including phenoxy) is 4. The summed E-state index contributed by atoms with van der Waals surface area (Å²) in [7, 11) is 1.58. The zero-order valence-electron chi connectivity index (χ0n) is 21.7. The van der Waals surface area contributed by atoms with Crippen LogP contribution in [0.5, 0.6) is 0 Å². The van der Waals surface area contributed by atoms with Gasteiger partial charge in [-0.2, -0.15) is 0 Å². The maximum Gasteiger partial charge on any atom is 0.175 e. The van der Waals surface area contributed by atoms with E-state index in [1.165, 1.54) is 83.5 Å². The van der Waals surface area contributed by atoms with Crippen LogP contribution in [0, 0.1) is 0 Å². The van der Waals surface area contributed by atoms with Crippen LogP contribution in [0.1, 0.15) is 96.8 Å². The van der Waals surface area contributed by atoms with Crippen molar-refractivity contribution >= 4 is 0 Å². The lowest BCUT2D eigenvalue weighted by Crippen LogP contribution is -2.62. The number of hydrogen-bond donors (Lipinski definition) is 4. The highest BCUT2D eigenvalue weighted by atomic mass is 16.7. The average molecular weight is 492 g/mol. The monoisotopic (exact) mass is 491 g/mol. The van der Waals surface area contributed by atoms with Crippen LogP contribution < -0.4 is 5.73 Å². The van der Waals surface area contributed by atoms with Crippen molar-refractivity contribution in [2.45, 2.75) is 134 Å². The smallest absolute Gasteiger partial charge is 0.175 e. The second kappa shape index (κ2) is 20.8. The summed E-state index contributed by atoms with van der Waals surface area (Å²) in [4.78, 5) is 0. The molecule has 0 amide bonds. The maximum absolute atomic E-state index is 10.00. The highest BCUT2D eigenvalue weighted by molar-refractivity contribution is 4.91. The minimum atomic E-state index is -1.24. The molecule has 0 spiro atoms. The Bertz CT molecular complexity index is 455. The van der Waals surface area contributed by atoms with Gasteiger partial charge in [0, 0.05) is 13.7 Å². The Hall–Kier alpha value is -0.320. The van der Waals surface area contributed by atoms with E-state index in [1.54, 1.807) is 7.11 Å². The number of nitrogens with two attached hydrogens (primary N) is 1. The first-order valence-corrected chi connectivity index (χ1v) is 13.6. The number of unbranched alkanes of at least 4 members (excludes halogenated alkanes) is 13. The van der Waals surface area contributed by atoms with Gasteiger partial charge in [-0.3, -0.25) is 0 Å². The van der Waals surface area contributed by atoms with Gasteiger partial charge in [-0.1, -0.05) is 90.4 Å². The molecule has 1 heterocycles. The topological polar surface area (TPSA) is 124 Å². The molecule has 1 unspecified atom stereocenters. The summed E-state index contributed by atoms with van der Waals surface area (Å²) in [6.45, 7) is 3.10. The maximum atomic E-state index is 10.00.